The number of amides is 1. The molecule has 0 aliphatic carbocycles. The van der Waals surface area contributed by atoms with Crippen LogP contribution in [-0.4, -0.2) is 49.7 Å². The lowest BCUT2D eigenvalue weighted by Gasteiger charge is -2.38. The molecule has 1 aromatic rings. The van der Waals surface area contributed by atoms with E-state index in [1.54, 1.807) is 13.8 Å². The van der Waals surface area contributed by atoms with Crippen LogP contribution in [0.25, 0.3) is 0 Å². The number of hydrogen-bond donors (Lipinski definition) is 1. The molecule has 1 N–H and O–H groups in total. The fraction of sp³-hybridized carbons (Fsp3) is 0.643. The molecule has 0 saturated carbocycles. The van der Waals surface area contributed by atoms with E-state index in [1.807, 2.05) is 6.92 Å². The van der Waals surface area contributed by atoms with Crippen molar-refractivity contribution in [3.8, 4) is 0 Å². The predicted molar refractivity (Wildman–Crippen MR) is 79.7 cm³/mol. The molecule has 9 nitrogen and oxygen atoms in total. The monoisotopic (exact) mass is 324 g/mol. The maximum Gasteiger partial charge on any atom is 0.308 e. The number of nitro groups is 1. The van der Waals surface area contributed by atoms with Crippen LogP contribution in [0.5, 0.6) is 0 Å². The first-order chi connectivity index (χ1) is 10.6. The number of aromatic nitrogens is 2. The number of carbonyl (C=O) groups is 2. The number of carbonyl (C=O) groups excluding carboxylic acids is 1. The summed E-state index contributed by atoms with van der Waals surface area (Å²) in [5, 5.41) is 23.9. The highest BCUT2D eigenvalue weighted by atomic mass is 16.6. The average molecular weight is 324 g/mol. The number of carboxylic acid groups (broad SMARTS) is 1. The van der Waals surface area contributed by atoms with E-state index in [4.69, 9.17) is 0 Å². The van der Waals surface area contributed by atoms with Crippen molar-refractivity contribution >= 4 is 17.6 Å². The van der Waals surface area contributed by atoms with Crippen LogP contribution in [-0.2, 0) is 15.1 Å². The maximum absolute atomic E-state index is 12.8. The van der Waals surface area contributed by atoms with Gasteiger partial charge in [0.25, 0.3) is 0 Å². The number of aliphatic carboxylic acids is 1. The Labute approximate surface area is 133 Å². The van der Waals surface area contributed by atoms with Crippen LogP contribution in [0.4, 0.5) is 5.69 Å². The van der Waals surface area contributed by atoms with Crippen molar-refractivity contribution in [2.75, 3.05) is 13.1 Å². The van der Waals surface area contributed by atoms with Crippen LogP contribution in [0.3, 0.4) is 0 Å². The molecular weight excluding hydrogens is 304 g/mol. The molecule has 1 amide bonds. The van der Waals surface area contributed by atoms with Gasteiger partial charge in [0.2, 0.25) is 5.91 Å². The van der Waals surface area contributed by atoms with Gasteiger partial charge in [-0.2, -0.15) is 5.10 Å². The zero-order valence-electron chi connectivity index (χ0n) is 13.3. The Kier molecular flexibility index (Phi) is 4.39. The number of piperidine rings is 1. The van der Waals surface area contributed by atoms with Crippen molar-refractivity contribution in [3.05, 3.63) is 22.5 Å². The van der Waals surface area contributed by atoms with E-state index < -0.39 is 22.3 Å². The lowest BCUT2D eigenvalue weighted by molar-refractivity contribution is -0.385. The van der Waals surface area contributed by atoms with Crippen molar-refractivity contribution in [1.82, 2.24) is 14.7 Å². The molecule has 0 spiro atoms. The zero-order valence-corrected chi connectivity index (χ0v) is 13.3. The molecule has 0 aromatic carbocycles. The second kappa shape index (κ2) is 5.98. The molecule has 23 heavy (non-hydrogen) atoms. The van der Waals surface area contributed by atoms with Gasteiger partial charge in [-0.1, -0.05) is 6.92 Å². The van der Waals surface area contributed by atoms with Gasteiger partial charge in [0.1, 0.15) is 17.9 Å². The van der Waals surface area contributed by atoms with Crippen LogP contribution in [0.15, 0.2) is 12.4 Å². The summed E-state index contributed by atoms with van der Waals surface area (Å²) in [4.78, 5) is 35.8. The molecular formula is C14H20N4O5. The number of nitrogens with zero attached hydrogens (tertiary/aromatic N) is 4. The Bertz CT molecular complexity index is 639. The Morgan fingerprint density at radius 2 is 2.09 bits per heavy atom. The first kappa shape index (κ1) is 16.9. The van der Waals surface area contributed by atoms with Crippen molar-refractivity contribution in [3.63, 3.8) is 0 Å². The van der Waals surface area contributed by atoms with Crippen LogP contribution in [0.2, 0.25) is 0 Å². The Balaban J connectivity index is 2.22. The minimum Gasteiger partial charge on any atom is -0.481 e. The summed E-state index contributed by atoms with van der Waals surface area (Å²) < 4.78 is 1.25. The van der Waals surface area contributed by atoms with Crippen molar-refractivity contribution < 1.29 is 19.6 Å². The van der Waals surface area contributed by atoms with Gasteiger partial charge in [-0.05, 0) is 26.2 Å². The second-order valence-electron chi connectivity index (χ2n) is 6.55. The highest BCUT2D eigenvalue weighted by Gasteiger charge is 2.40. The molecule has 2 rings (SSSR count). The summed E-state index contributed by atoms with van der Waals surface area (Å²) in [5.74, 6) is -1.72. The van der Waals surface area contributed by atoms with Gasteiger partial charge in [-0.3, -0.25) is 24.4 Å². The Morgan fingerprint density at radius 1 is 1.43 bits per heavy atom. The number of carboxylic acids is 1. The molecule has 1 saturated heterocycles. The largest absolute Gasteiger partial charge is 0.481 e. The molecule has 0 radical (unpaired) electrons. The van der Waals surface area contributed by atoms with Crippen LogP contribution < -0.4 is 0 Å². The van der Waals surface area contributed by atoms with E-state index in [1.165, 1.54) is 15.8 Å². The molecule has 1 aliphatic heterocycles. The van der Waals surface area contributed by atoms with E-state index in [0.29, 0.717) is 13.0 Å². The third-order valence-corrected chi connectivity index (χ3v) is 4.17. The number of rotatable bonds is 4. The molecule has 0 bridgehead atoms. The van der Waals surface area contributed by atoms with E-state index in [0.717, 1.165) is 6.20 Å². The summed E-state index contributed by atoms with van der Waals surface area (Å²) in [6.07, 6.45) is 2.83. The topological polar surface area (TPSA) is 119 Å². The van der Waals surface area contributed by atoms with E-state index >= 15 is 0 Å². The summed E-state index contributed by atoms with van der Waals surface area (Å²) in [6.45, 7) is 5.74. The van der Waals surface area contributed by atoms with Gasteiger partial charge in [0, 0.05) is 13.1 Å². The Hall–Kier alpha value is -2.45. The molecule has 1 fully saturated rings. The van der Waals surface area contributed by atoms with E-state index in [-0.39, 0.29) is 24.1 Å². The molecule has 1 aliphatic rings. The summed E-state index contributed by atoms with van der Waals surface area (Å²) in [5.41, 5.74) is -1.32. The van der Waals surface area contributed by atoms with Crippen molar-refractivity contribution in [1.29, 1.82) is 0 Å². The van der Waals surface area contributed by atoms with Gasteiger partial charge in [0.15, 0.2) is 0 Å². The van der Waals surface area contributed by atoms with E-state index in [9.17, 15) is 24.8 Å². The fourth-order valence-corrected chi connectivity index (χ4v) is 2.89. The summed E-state index contributed by atoms with van der Waals surface area (Å²) in [6, 6.07) is 0. The second-order valence-corrected chi connectivity index (χ2v) is 6.55. The Morgan fingerprint density at radius 3 is 2.61 bits per heavy atom. The van der Waals surface area contributed by atoms with Gasteiger partial charge in [0.05, 0.1) is 10.8 Å². The average Bonchev–Trinajstić information content (AvgIpc) is 2.96. The van der Waals surface area contributed by atoms with Gasteiger partial charge >= 0.3 is 11.7 Å². The number of likely N-dealkylation sites (tertiary alicyclic amines) is 1. The molecule has 2 unspecified atom stereocenters. The SMILES string of the molecule is CC1CC(C(=O)O)CN(C(=O)C(C)(C)n2cc([N+](=O)[O-])cn2)C1. The molecule has 9 heteroatoms. The predicted octanol–water partition coefficient (Wildman–Crippen LogP) is 1.10. The highest BCUT2D eigenvalue weighted by Crippen LogP contribution is 2.27. The standard InChI is InChI=1S/C14H20N4O5/c1-9-4-10(12(19)20)7-16(6-9)13(21)14(2,3)17-8-11(5-15-17)18(22)23/h5,8-10H,4,6-7H2,1-3H3,(H,19,20). The molecule has 2 heterocycles. The lowest BCUT2D eigenvalue weighted by Crippen LogP contribution is -2.53. The van der Waals surface area contributed by atoms with Crippen LogP contribution in [0.1, 0.15) is 27.2 Å². The minimum atomic E-state index is -1.13. The summed E-state index contributed by atoms with van der Waals surface area (Å²) >= 11 is 0. The smallest absolute Gasteiger partial charge is 0.308 e. The van der Waals surface area contributed by atoms with Crippen molar-refractivity contribution in [2.45, 2.75) is 32.7 Å². The molecule has 126 valence electrons. The zero-order chi connectivity index (χ0) is 17.4. The lowest BCUT2D eigenvalue weighted by atomic mass is 9.89. The molecule has 2 atom stereocenters. The van der Waals surface area contributed by atoms with Crippen molar-refractivity contribution in [2.24, 2.45) is 11.8 Å². The molecule has 1 aromatic heterocycles. The first-order valence-electron chi connectivity index (χ1n) is 7.34. The van der Waals surface area contributed by atoms with Crippen LogP contribution >= 0.6 is 0 Å². The fourth-order valence-electron chi connectivity index (χ4n) is 2.89. The summed E-state index contributed by atoms with van der Waals surface area (Å²) in [7, 11) is 0. The normalized spacial score (nSPS) is 22.0. The first-order valence-corrected chi connectivity index (χ1v) is 7.34. The van der Waals surface area contributed by atoms with Gasteiger partial charge in [-0.25, -0.2) is 0 Å². The highest BCUT2D eigenvalue weighted by molar-refractivity contribution is 5.84. The van der Waals surface area contributed by atoms with Gasteiger partial charge in [-0.15, -0.1) is 0 Å². The van der Waals surface area contributed by atoms with Gasteiger partial charge < -0.3 is 10.0 Å². The number of hydrogen-bond acceptors (Lipinski definition) is 5. The third kappa shape index (κ3) is 3.33. The van der Waals surface area contributed by atoms with Crippen LogP contribution in [0, 0.1) is 22.0 Å². The van der Waals surface area contributed by atoms with E-state index in [2.05, 4.69) is 5.10 Å². The third-order valence-electron chi connectivity index (χ3n) is 4.17. The maximum atomic E-state index is 12.8. The minimum absolute atomic E-state index is 0.0801. The quantitative estimate of drug-likeness (QED) is 0.654.